The van der Waals surface area contributed by atoms with Crippen molar-refractivity contribution in [3.8, 4) is 12.3 Å². The zero-order valence-corrected chi connectivity index (χ0v) is 20.4. The molecule has 0 spiro atoms. The molecule has 148 valence electrons. The van der Waals surface area contributed by atoms with Gasteiger partial charge in [0.25, 0.3) is 8.32 Å². The lowest BCUT2D eigenvalue weighted by molar-refractivity contribution is -0.151. The average molecular weight is 397 g/mol. The van der Waals surface area contributed by atoms with E-state index in [-0.39, 0.29) is 15.8 Å². The number of ether oxygens (including phenoxy) is 1. The maximum Gasteiger partial charge on any atom is 0.373 e. The van der Waals surface area contributed by atoms with Crippen LogP contribution in [-0.4, -0.2) is 34.3 Å². The Morgan fingerprint density at radius 1 is 1.08 bits per heavy atom. The average Bonchev–Trinajstić information content (AvgIpc) is 2.68. The lowest BCUT2D eigenvalue weighted by Crippen LogP contribution is -2.50. The van der Waals surface area contributed by atoms with E-state index in [2.05, 4.69) is 73.7 Å². The van der Waals surface area contributed by atoms with Crippen LogP contribution in [0.5, 0.6) is 0 Å². The minimum absolute atomic E-state index is 0.00522. The van der Waals surface area contributed by atoms with Crippen LogP contribution in [0.3, 0.4) is 0 Å². The number of hydrogen-bond acceptors (Lipinski definition) is 4. The van der Waals surface area contributed by atoms with E-state index in [9.17, 15) is 4.79 Å². The topological polar surface area (TPSA) is 44.8 Å². The van der Waals surface area contributed by atoms with Crippen LogP contribution < -0.4 is 0 Å². The maximum atomic E-state index is 12.5. The number of cyclic esters (lactones) is 1. The summed E-state index contributed by atoms with van der Waals surface area (Å²) in [5.74, 6) is 2.49. The summed E-state index contributed by atoms with van der Waals surface area (Å²) >= 11 is 0. The molecule has 0 bridgehead atoms. The Morgan fingerprint density at radius 3 is 1.92 bits per heavy atom. The van der Waals surface area contributed by atoms with Crippen molar-refractivity contribution in [3.63, 3.8) is 0 Å². The first kappa shape index (κ1) is 23.0. The number of esters is 1. The van der Waals surface area contributed by atoms with Crippen LogP contribution >= 0.6 is 0 Å². The molecule has 6 heteroatoms. The Balaban J connectivity index is 3.15. The molecule has 0 radical (unpaired) electrons. The third kappa shape index (κ3) is 4.62. The minimum Gasteiger partial charge on any atom is -0.539 e. The van der Waals surface area contributed by atoms with Crippen LogP contribution in [0.15, 0.2) is 11.8 Å². The van der Waals surface area contributed by atoms with Gasteiger partial charge in [0, 0.05) is 6.08 Å². The van der Waals surface area contributed by atoms with Gasteiger partial charge in [0.15, 0.2) is 25.8 Å². The Bertz CT molecular complexity index is 630. The Kier molecular flexibility index (Phi) is 6.06. The fourth-order valence-electron chi connectivity index (χ4n) is 2.01. The summed E-state index contributed by atoms with van der Waals surface area (Å²) in [5, 5.41) is -0.0124. The highest BCUT2D eigenvalue weighted by Gasteiger charge is 2.50. The highest BCUT2D eigenvalue weighted by molar-refractivity contribution is 6.74. The van der Waals surface area contributed by atoms with Gasteiger partial charge in [0.1, 0.15) is 0 Å². The molecule has 4 nitrogen and oxygen atoms in total. The van der Waals surface area contributed by atoms with Gasteiger partial charge in [-0.1, -0.05) is 47.5 Å². The second kappa shape index (κ2) is 6.85. The first-order valence-corrected chi connectivity index (χ1v) is 15.0. The van der Waals surface area contributed by atoms with E-state index in [1.807, 2.05) is 0 Å². The van der Waals surface area contributed by atoms with Crippen LogP contribution in [0.25, 0.3) is 0 Å². The monoisotopic (exact) mass is 396 g/mol. The van der Waals surface area contributed by atoms with Crippen LogP contribution in [-0.2, 0) is 18.4 Å². The molecule has 0 aromatic heterocycles. The molecule has 0 N–H and O–H groups in total. The van der Waals surface area contributed by atoms with Crippen molar-refractivity contribution >= 4 is 22.6 Å². The fourth-order valence-corrected chi connectivity index (χ4v) is 4.26. The Labute approximate surface area is 161 Å². The SMILES string of the molecule is C#C[C@@H](O[Si](C)(C)C(C)(C)C)[C@]1(C)C=C(O[Si](C)(C)C(C)(C)C)C(=O)O1. The van der Waals surface area contributed by atoms with Crippen molar-refractivity contribution in [1.29, 1.82) is 0 Å². The van der Waals surface area contributed by atoms with Gasteiger partial charge in [0.05, 0.1) is 0 Å². The van der Waals surface area contributed by atoms with Crippen molar-refractivity contribution in [2.45, 2.75) is 96.4 Å². The van der Waals surface area contributed by atoms with Crippen molar-refractivity contribution in [3.05, 3.63) is 11.8 Å². The molecule has 0 unspecified atom stereocenters. The van der Waals surface area contributed by atoms with Gasteiger partial charge in [-0.15, -0.1) is 6.42 Å². The number of carbonyl (C=O) groups is 1. The molecule has 0 aromatic carbocycles. The van der Waals surface area contributed by atoms with E-state index in [0.717, 1.165) is 0 Å². The summed E-state index contributed by atoms with van der Waals surface area (Å²) in [4.78, 5) is 12.5. The van der Waals surface area contributed by atoms with E-state index >= 15 is 0 Å². The predicted octanol–water partition coefficient (Wildman–Crippen LogP) is 5.23. The van der Waals surface area contributed by atoms with E-state index in [1.165, 1.54) is 0 Å². The van der Waals surface area contributed by atoms with Crippen molar-refractivity contribution in [2.24, 2.45) is 0 Å². The largest absolute Gasteiger partial charge is 0.539 e. The summed E-state index contributed by atoms with van der Waals surface area (Å²) in [7, 11) is -4.27. The molecule has 1 aliphatic rings. The summed E-state index contributed by atoms with van der Waals surface area (Å²) in [6.07, 6.45) is 6.84. The molecule has 1 rings (SSSR count). The molecule has 0 saturated heterocycles. The Morgan fingerprint density at radius 2 is 1.54 bits per heavy atom. The molecule has 0 saturated carbocycles. The normalized spacial score (nSPS) is 23.2. The molecule has 2 atom stereocenters. The van der Waals surface area contributed by atoms with Gasteiger partial charge in [-0.2, -0.15) is 0 Å². The van der Waals surface area contributed by atoms with Crippen LogP contribution in [0.2, 0.25) is 36.3 Å². The summed E-state index contributed by atoms with van der Waals surface area (Å²) in [6, 6.07) is 0. The van der Waals surface area contributed by atoms with E-state index < -0.39 is 34.3 Å². The molecular weight excluding hydrogens is 360 g/mol. The number of carbonyl (C=O) groups excluding carboxylic acids is 1. The predicted molar refractivity (Wildman–Crippen MR) is 112 cm³/mol. The number of rotatable bonds is 5. The molecule has 26 heavy (non-hydrogen) atoms. The lowest BCUT2D eigenvalue weighted by atomic mass is 10.0. The van der Waals surface area contributed by atoms with Gasteiger partial charge >= 0.3 is 5.97 Å². The molecule has 1 heterocycles. The first-order chi connectivity index (χ1) is 11.4. The van der Waals surface area contributed by atoms with Crippen molar-refractivity contribution in [2.75, 3.05) is 0 Å². The van der Waals surface area contributed by atoms with E-state index in [1.54, 1.807) is 13.0 Å². The molecule has 0 aromatic rings. The highest BCUT2D eigenvalue weighted by atomic mass is 28.4. The third-order valence-corrected chi connectivity index (χ3v) is 14.8. The minimum atomic E-state index is -2.15. The quantitative estimate of drug-likeness (QED) is 0.362. The van der Waals surface area contributed by atoms with Crippen molar-refractivity contribution in [1.82, 2.24) is 0 Å². The summed E-state index contributed by atoms with van der Waals surface area (Å²) in [6.45, 7) is 23.1. The lowest BCUT2D eigenvalue weighted by Gasteiger charge is -2.41. The Hall–Kier alpha value is -1.04. The van der Waals surface area contributed by atoms with E-state index in [4.69, 9.17) is 20.0 Å². The molecule has 0 aliphatic carbocycles. The maximum absolute atomic E-state index is 12.5. The smallest absolute Gasteiger partial charge is 0.373 e. The van der Waals surface area contributed by atoms with Crippen LogP contribution in [0.1, 0.15) is 48.5 Å². The molecule has 1 aliphatic heterocycles. The molecule has 0 fully saturated rings. The standard InChI is InChI=1S/C20H36O4Si2/c1-13-16(24-26(11,12)19(5,6)7)20(8)14-15(17(21)22-20)23-25(9,10)18(2,3)4/h1,14,16H,2-12H3/t16-,20+/m1/s1. The molecular formula is C20H36O4Si2. The van der Waals surface area contributed by atoms with Gasteiger partial charge < -0.3 is 13.6 Å². The highest BCUT2D eigenvalue weighted by Crippen LogP contribution is 2.42. The van der Waals surface area contributed by atoms with Gasteiger partial charge in [-0.25, -0.2) is 4.79 Å². The van der Waals surface area contributed by atoms with Crippen LogP contribution in [0.4, 0.5) is 0 Å². The van der Waals surface area contributed by atoms with Gasteiger partial charge in [-0.3, -0.25) is 0 Å². The third-order valence-electron chi connectivity index (χ3n) is 5.99. The second-order valence-electron chi connectivity index (χ2n) is 10.4. The fraction of sp³-hybridized carbons (Fsp3) is 0.750. The zero-order chi connectivity index (χ0) is 20.8. The van der Waals surface area contributed by atoms with Gasteiger partial charge in [-0.05, 0) is 43.2 Å². The molecule has 0 amide bonds. The van der Waals surface area contributed by atoms with Crippen molar-refractivity contribution < 1.29 is 18.4 Å². The zero-order valence-electron chi connectivity index (χ0n) is 18.4. The van der Waals surface area contributed by atoms with Gasteiger partial charge in [0.2, 0.25) is 0 Å². The summed E-state index contributed by atoms with van der Waals surface area (Å²) < 4.78 is 18.2. The summed E-state index contributed by atoms with van der Waals surface area (Å²) in [5.41, 5.74) is -1.01. The van der Waals surface area contributed by atoms with E-state index in [0.29, 0.717) is 0 Å². The first-order valence-electron chi connectivity index (χ1n) is 9.15. The second-order valence-corrected chi connectivity index (χ2v) is 19.9. The van der Waals surface area contributed by atoms with Crippen LogP contribution in [0, 0.1) is 12.3 Å². The number of hydrogen-bond donors (Lipinski definition) is 0. The number of terminal acetylenes is 1.